The van der Waals surface area contributed by atoms with Crippen LogP contribution in [0.2, 0.25) is 0 Å². The molecule has 0 unspecified atom stereocenters. The number of nitrogens with zero attached hydrogens (tertiary/aromatic N) is 1. The molecule has 0 bridgehead atoms. The monoisotopic (exact) mass is 382 g/mol. The number of carboxylic acids is 1. The van der Waals surface area contributed by atoms with Crippen LogP contribution in [0.15, 0.2) is 34.1 Å². The zero-order valence-electron chi connectivity index (χ0n) is 12.6. The van der Waals surface area contributed by atoms with E-state index < -0.39 is 11.4 Å². The first-order valence-corrected chi connectivity index (χ1v) is 8.70. The summed E-state index contributed by atoms with van der Waals surface area (Å²) in [5.74, 6) is -0.764. The minimum absolute atomic E-state index is 0.588. The first kappa shape index (κ1) is 17.1. The van der Waals surface area contributed by atoms with Crippen molar-refractivity contribution in [3.05, 3.63) is 39.8 Å². The predicted molar refractivity (Wildman–Crippen MR) is 93.0 cm³/mol. The summed E-state index contributed by atoms with van der Waals surface area (Å²) in [6.07, 6.45) is 0.588. The third-order valence-electron chi connectivity index (χ3n) is 3.44. The van der Waals surface area contributed by atoms with Crippen molar-refractivity contribution in [3.63, 3.8) is 0 Å². The molecule has 1 heterocycles. The fourth-order valence-electron chi connectivity index (χ4n) is 1.87. The Bertz CT molecular complexity index is 655. The predicted octanol–water partition coefficient (Wildman–Crippen LogP) is 4.16. The molecule has 0 fully saturated rings. The highest BCUT2D eigenvalue weighted by Crippen LogP contribution is 2.26. The molecule has 2 rings (SSSR count). The molecule has 0 aliphatic heterocycles. The highest BCUT2D eigenvalue weighted by atomic mass is 79.9. The van der Waals surface area contributed by atoms with E-state index in [0.717, 1.165) is 20.7 Å². The van der Waals surface area contributed by atoms with Gasteiger partial charge in [0.1, 0.15) is 5.01 Å². The molecule has 0 radical (unpaired) electrons. The van der Waals surface area contributed by atoms with Gasteiger partial charge in [-0.05, 0) is 38.9 Å². The lowest BCUT2D eigenvalue weighted by Crippen LogP contribution is -2.28. The minimum Gasteiger partial charge on any atom is -0.481 e. The summed E-state index contributed by atoms with van der Waals surface area (Å²) in [5, 5.41) is 15.4. The summed E-state index contributed by atoms with van der Waals surface area (Å²) >= 11 is 5.08. The number of aliphatic carboxylic acids is 1. The number of rotatable bonds is 7. The second-order valence-electron chi connectivity index (χ2n) is 5.77. The molecule has 0 saturated carbocycles. The molecule has 2 aromatic rings. The van der Waals surface area contributed by atoms with Gasteiger partial charge in [0.2, 0.25) is 0 Å². The van der Waals surface area contributed by atoms with Gasteiger partial charge in [-0.2, -0.15) is 0 Å². The minimum atomic E-state index is -0.764. The molecule has 6 heteroatoms. The van der Waals surface area contributed by atoms with Crippen molar-refractivity contribution in [1.82, 2.24) is 10.3 Å². The maximum Gasteiger partial charge on any atom is 0.309 e. The Morgan fingerprint density at radius 3 is 2.91 bits per heavy atom. The molecule has 0 aliphatic rings. The van der Waals surface area contributed by atoms with Gasteiger partial charge in [-0.25, -0.2) is 4.98 Å². The first-order valence-electron chi connectivity index (χ1n) is 7.03. The van der Waals surface area contributed by atoms with Crippen LogP contribution in [0.25, 0.3) is 10.6 Å². The summed E-state index contributed by atoms with van der Waals surface area (Å²) in [7, 11) is 0. The summed E-state index contributed by atoms with van der Waals surface area (Å²) in [4.78, 5) is 15.6. The largest absolute Gasteiger partial charge is 0.481 e. The van der Waals surface area contributed by atoms with E-state index in [4.69, 9.17) is 5.11 Å². The van der Waals surface area contributed by atoms with Gasteiger partial charge >= 0.3 is 5.97 Å². The Balaban J connectivity index is 1.87. The van der Waals surface area contributed by atoms with Crippen LogP contribution in [0.5, 0.6) is 0 Å². The number of nitrogens with one attached hydrogen (secondary N) is 1. The van der Waals surface area contributed by atoms with Gasteiger partial charge in [0.15, 0.2) is 0 Å². The van der Waals surface area contributed by atoms with E-state index in [2.05, 4.69) is 26.2 Å². The number of carbonyl (C=O) groups is 1. The summed E-state index contributed by atoms with van der Waals surface area (Å²) in [6, 6.07) is 8.07. The quantitative estimate of drug-likeness (QED) is 0.705. The van der Waals surface area contributed by atoms with Crippen molar-refractivity contribution in [2.45, 2.75) is 26.8 Å². The second-order valence-corrected chi connectivity index (χ2v) is 7.54. The highest BCUT2D eigenvalue weighted by Gasteiger charge is 2.26. The van der Waals surface area contributed by atoms with Crippen LogP contribution < -0.4 is 5.32 Å². The van der Waals surface area contributed by atoms with Crippen molar-refractivity contribution in [2.24, 2.45) is 5.41 Å². The Hall–Kier alpha value is -1.24. The normalized spacial score (nSPS) is 11.6. The van der Waals surface area contributed by atoms with Crippen molar-refractivity contribution >= 4 is 33.2 Å². The Kier molecular flexibility index (Phi) is 5.72. The van der Waals surface area contributed by atoms with Gasteiger partial charge in [-0.1, -0.05) is 28.1 Å². The standard InChI is InChI=1S/C16H19BrN2O2S/c1-16(2,15(20)21)6-7-18-9-13-10-22-14(19-13)11-4-3-5-12(17)8-11/h3-5,8,10,18H,6-7,9H2,1-2H3,(H,20,21). The zero-order valence-corrected chi connectivity index (χ0v) is 15.0. The summed E-state index contributed by atoms with van der Waals surface area (Å²) in [6.45, 7) is 4.79. The lowest BCUT2D eigenvalue weighted by molar-refractivity contribution is -0.147. The van der Waals surface area contributed by atoms with E-state index in [9.17, 15) is 4.79 Å². The summed E-state index contributed by atoms with van der Waals surface area (Å²) in [5.41, 5.74) is 1.38. The number of benzene rings is 1. The van der Waals surface area contributed by atoms with E-state index in [1.54, 1.807) is 25.2 Å². The van der Waals surface area contributed by atoms with Crippen LogP contribution in [0.4, 0.5) is 0 Å². The van der Waals surface area contributed by atoms with Gasteiger partial charge in [-0.3, -0.25) is 4.79 Å². The molecular formula is C16H19BrN2O2S. The highest BCUT2D eigenvalue weighted by molar-refractivity contribution is 9.10. The molecule has 0 spiro atoms. The zero-order chi connectivity index (χ0) is 16.2. The number of aromatic nitrogens is 1. The Labute approximate surface area is 142 Å². The number of carboxylic acid groups (broad SMARTS) is 1. The maximum absolute atomic E-state index is 11.0. The maximum atomic E-state index is 11.0. The summed E-state index contributed by atoms with van der Waals surface area (Å²) < 4.78 is 1.04. The second kappa shape index (κ2) is 7.35. The topological polar surface area (TPSA) is 62.2 Å². The number of halogens is 1. The lowest BCUT2D eigenvalue weighted by atomic mass is 9.90. The van der Waals surface area contributed by atoms with Gasteiger partial charge < -0.3 is 10.4 Å². The Morgan fingerprint density at radius 2 is 2.23 bits per heavy atom. The number of hydrogen-bond donors (Lipinski definition) is 2. The fourth-order valence-corrected chi connectivity index (χ4v) is 3.08. The van der Waals surface area contributed by atoms with Gasteiger partial charge in [-0.15, -0.1) is 11.3 Å². The molecule has 0 saturated heterocycles. The molecular weight excluding hydrogens is 364 g/mol. The van der Waals surface area contributed by atoms with Crippen LogP contribution in [-0.2, 0) is 11.3 Å². The lowest BCUT2D eigenvalue weighted by Gasteiger charge is -2.18. The van der Waals surface area contributed by atoms with Crippen LogP contribution in [-0.4, -0.2) is 22.6 Å². The van der Waals surface area contributed by atoms with Crippen molar-refractivity contribution in [3.8, 4) is 10.6 Å². The van der Waals surface area contributed by atoms with Gasteiger partial charge in [0, 0.05) is 22.0 Å². The SMILES string of the molecule is CC(C)(CCNCc1csc(-c2cccc(Br)c2)n1)C(=O)O. The average molecular weight is 383 g/mol. The van der Waals surface area contributed by atoms with E-state index in [1.807, 2.05) is 29.6 Å². The molecule has 0 atom stereocenters. The van der Waals surface area contributed by atoms with E-state index in [-0.39, 0.29) is 0 Å². The molecule has 2 N–H and O–H groups in total. The van der Waals surface area contributed by atoms with Crippen LogP contribution in [0.1, 0.15) is 26.0 Å². The molecule has 1 aromatic heterocycles. The fraction of sp³-hybridized carbons (Fsp3) is 0.375. The molecule has 22 heavy (non-hydrogen) atoms. The average Bonchev–Trinajstić information content (AvgIpc) is 2.92. The molecule has 118 valence electrons. The van der Waals surface area contributed by atoms with Crippen LogP contribution in [0, 0.1) is 5.41 Å². The third kappa shape index (κ3) is 4.63. The Morgan fingerprint density at radius 1 is 1.45 bits per heavy atom. The van der Waals surface area contributed by atoms with Crippen LogP contribution in [0.3, 0.4) is 0 Å². The van der Waals surface area contributed by atoms with E-state index in [1.165, 1.54) is 0 Å². The molecule has 0 aliphatic carbocycles. The molecule has 1 aromatic carbocycles. The van der Waals surface area contributed by atoms with Gasteiger partial charge in [0.05, 0.1) is 11.1 Å². The number of hydrogen-bond acceptors (Lipinski definition) is 4. The smallest absolute Gasteiger partial charge is 0.309 e. The molecule has 0 amide bonds. The first-order chi connectivity index (χ1) is 10.4. The molecule has 4 nitrogen and oxygen atoms in total. The van der Waals surface area contributed by atoms with E-state index in [0.29, 0.717) is 19.5 Å². The van der Waals surface area contributed by atoms with Crippen molar-refractivity contribution in [2.75, 3.05) is 6.54 Å². The van der Waals surface area contributed by atoms with E-state index >= 15 is 0 Å². The third-order valence-corrected chi connectivity index (χ3v) is 4.87. The van der Waals surface area contributed by atoms with Gasteiger partial charge in [0.25, 0.3) is 0 Å². The number of thiazole rings is 1. The van der Waals surface area contributed by atoms with Crippen molar-refractivity contribution in [1.29, 1.82) is 0 Å². The van der Waals surface area contributed by atoms with Crippen LogP contribution >= 0.6 is 27.3 Å². The van der Waals surface area contributed by atoms with Crippen molar-refractivity contribution < 1.29 is 9.90 Å².